The first-order chi connectivity index (χ1) is 50.5. The molecule has 0 aromatic carbocycles. The number of phosphoric acid groups is 4. The molecule has 25 atom stereocenters. The highest BCUT2D eigenvalue weighted by molar-refractivity contribution is 7.52. The van der Waals surface area contributed by atoms with E-state index in [1.54, 1.807) is 0 Å². The Labute approximate surface area is 639 Å². The number of aliphatic hydroxyl groups excluding tert-OH is 1. The van der Waals surface area contributed by atoms with E-state index in [1.807, 2.05) is 38.0 Å². The average molecular weight is 1680 g/mol. The van der Waals surface area contributed by atoms with Gasteiger partial charge in [0, 0.05) is 112 Å². The van der Waals surface area contributed by atoms with Crippen LogP contribution in [0.15, 0.2) is 0 Å². The number of nitrogens with one attached hydrogen (secondary N) is 2. The van der Waals surface area contributed by atoms with E-state index in [9.17, 15) is 41.2 Å². The summed E-state index contributed by atoms with van der Waals surface area (Å²) in [4.78, 5) is 115. The fraction of sp³-hybridized carbons (Fsp3) is 0.964. The van der Waals surface area contributed by atoms with Crippen molar-refractivity contribution in [2.45, 2.75) is 192 Å². The Morgan fingerprint density at radius 3 is 1.09 bits per heavy atom. The average Bonchev–Trinajstić information content (AvgIpc) is 1.70. The van der Waals surface area contributed by atoms with Gasteiger partial charge in [-0.1, -0.05) is 0 Å². The number of amides is 2. The topological polar surface area (TPSA) is 557 Å². The van der Waals surface area contributed by atoms with Gasteiger partial charge in [-0.05, 0) is 62.3 Å². The highest BCUT2D eigenvalue weighted by atomic mass is 31.2. The molecular weight excluding hydrogens is 1570 g/mol. The van der Waals surface area contributed by atoms with Crippen LogP contribution in [0.3, 0.4) is 0 Å². The van der Waals surface area contributed by atoms with Crippen molar-refractivity contribution in [2.24, 2.45) is 0 Å². The number of rotatable bonds is 43. The number of carbonyl (C=O) groups is 2. The third kappa shape index (κ3) is 40.3. The summed E-state index contributed by atoms with van der Waals surface area (Å²) in [5.41, 5.74) is 0. The van der Waals surface area contributed by atoms with Gasteiger partial charge >= 0.3 is 38.9 Å². The van der Waals surface area contributed by atoms with Crippen LogP contribution in [0.4, 0.5) is 8.78 Å². The maximum atomic E-state index is 13.3. The van der Waals surface area contributed by atoms with Crippen molar-refractivity contribution in [1.82, 2.24) is 20.4 Å². The maximum Gasteiger partial charge on any atom is 0.469 e. The highest BCUT2D eigenvalue weighted by Gasteiger charge is 2.52. The Morgan fingerprint density at radius 1 is 0.459 bits per heavy atom. The number of methoxy groups -OCH3 is 5. The third-order valence-electron chi connectivity index (χ3n) is 15.9. The molecule has 0 aliphatic carbocycles. The molecule has 5 heterocycles. The lowest BCUT2D eigenvalue weighted by molar-refractivity contribution is -0.131. The molecule has 13 N–H and O–H groups in total. The normalized spacial score (nSPS) is 30.7. The third-order valence-corrected chi connectivity index (χ3v) is 19.3. The fourth-order valence-electron chi connectivity index (χ4n) is 11.0. The van der Waals surface area contributed by atoms with E-state index >= 15 is 0 Å². The van der Waals surface area contributed by atoms with Gasteiger partial charge < -0.3 is 150 Å². The molecule has 10 radical (unpaired) electrons. The lowest BCUT2D eigenvalue weighted by atomic mass is 9.92. The first-order valence-electron chi connectivity index (χ1n) is 33.4. The van der Waals surface area contributed by atoms with Crippen LogP contribution >= 0.6 is 38.9 Å². The van der Waals surface area contributed by atoms with Crippen LogP contribution < -0.4 is 10.6 Å². The van der Waals surface area contributed by atoms with Gasteiger partial charge in [0.2, 0.25) is 17.7 Å². The molecule has 5 fully saturated rings. The minimum Gasteiger partial charge on any atom is -0.396 e. The van der Waals surface area contributed by atoms with Gasteiger partial charge in [-0.25, -0.2) is 27.0 Å². The molecule has 5 aliphatic heterocycles. The Bertz CT molecular complexity index is 2790. The Kier molecular flexibility index (Phi) is 50.6. The van der Waals surface area contributed by atoms with Crippen molar-refractivity contribution >= 4 is 89.9 Å². The lowest BCUT2D eigenvalue weighted by Crippen LogP contribution is -2.43. The predicted molar refractivity (Wildman–Crippen MR) is 379 cm³/mol. The van der Waals surface area contributed by atoms with Gasteiger partial charge in [0.15, 0.2) is 0 Å². The van der Waals surface area contributed by atoms with E-state index < -0.39 is 204 Å². The molecule has 5 unspecified atom stereocenters. The first-order valence-corrected chi connectivity index (χ1v) is 41.2. The molecule has 0 spiro atoms. The molecule has 5 rings (SSSR count). The van der Waals surface area contributed by atoms with Crippen LogP contribution in [0, 0.1) is 0 Å². The molecule has 42 nitrogen and oxygen atoms in total. The van der Waals surface area contributed by atoms with E-state index in [-0.39, 0.29) is 44.8 Å². The summed E-state index contributed by atoms with van der Waals surface area (Å²) in [6, 6.07) is -4.39. The summed E-state index contributed by atoms with van der Waals surface area (Å²) in [5.74, 6) is -3.03. The molecule has 0 bridgehead atoms. The van der Waals surface area contributed by atoms with Crippen molar-refractivity contribution in [3.05, 3.63) is 0 Å². The molecule has 630 valence electrons. The first kappa shape index (κ1) is 106. The SMILES string of the molecule is [B][C@@H]1O[C@H](C(C)OP(=O)(O)O)[C@@H](OC)[C@H]1OCC(=O)NC.[B][C@@H]1O[C@H](C(C)OP(=O)(O)O)[C@@H](OC)[C@H]1OCC(=O)NCCN(C)C.[B][C@@H]1O[C@H](C(C)OP(=O)(O)O)[C@@H](OC)[C@H]1OCCCO.[B][C@@H]1O[C@H](C(C)OP(=O)(O)O)[C@@H](OC)[C@H]1OCCOCCN(C)C.[B][C@@H]1O[C@H](CC(F)P(=O)(O)O)[C@@H](OC)[C@H]1OCCF. The standard InChI is InChI=1S/C13H26BN2O8P.C13H27BNO8P.C10H19BNO8P.C10H20BO8P.C9H16BF2O6P/c1-8(24-25(18,19)20)10-11(21-4)12(13(14)23-10)22-7-9(17)15-5-6-16(2)3;1-9(23-24(16,17)18)10-11(19-4)12(13(14)22-10)21-8-7-20-6-5-15(2)3;1-5(20-21(14,15)16)7-8(17-3)9(10(11)19-7)18-4-6(13)12-2;1-6(19-20(13,14)15)7-8(16-2)9(10(11)18-7)17-5-3-4-12;1-16-7-5(4-6(12)19(13,14)15)18-9(10)8(7)17-3-2-11/h8,10-13H,5-7H2,1-4H3,(H,15,17)(H2,18,19,20);9-13H,5-8H2,1-4H3,(H2,16,17,18);5,7-10H,4H2,1-3H3,(H,12,13)(H2,14,15,16);6-10,12H,3-5H2,1-2H3,(H2,13,14,15);5-9H,2-4H2,1H3,(H2,13,14,15)/t8?,10-,11-,12-,13-;9?,10-,11-,12-,13-;5?,7-,8-,9-,10-;6?,7-,8-,9-,10-;5-,6?,7-,8-,9-/m11111/s1. The molecule has 0 saturated carbocycles. The van der Waals surface area contributed by atoms with E-state index in [4.69, 9.17) is 169 Å². The van der Waals surface area contributed by atoms with Gasteiger partial charge in [-0.3, -0.25) is 32.2 Å². The van der Waals surface area contributed by atoms with E-state index in [0.29, 0.717) is 39.3 Å². The van der Waals surface area contributed by atoms with Gasteiger partial charge in [0.1, 0.15) is 145 Å². The number of carbonyl (C=O) groups excluding carboxylic acids is 2. The van der Waals surface area contributed by atoms with Crippen molar-refractivity contribution in [3.63, 3.8) is 0 Å². The number of phosphoric ester groups is 4. The molecule has 0 aromatic rings. The van der Waals surface area contributed by atoms with Gasteiger partial charge in [0.25, 0.3) is 0 Å². The molecule has 2 amide bonds. The fourth-order valence-corrected chi connectivity index (χ4v) is 13.7. The van der Waals surface area contributed by atoms with Crippen LogP contribution in [0.25, 0.3) is 0 Å². The number of hydrogen-bond acceptors (Lipinski definition) is 30. The number of aliphatic hydroxyl groups is 1. The van der Waals surface area contributed by atoms with E-state index in [1.165, 1.54) is 70.3 Å². The summed E-state index contributed by atoms with van der Waals surface area (Å²) >= 11 is 0. The van der Waals surface area contributed by atoms with Crippen LogP contribution in [-0.4, -0.2) is 417 Å². The Morgan fingerprint density at radius 2 is 0.780 bits per heavy atom. The van der Waals surface area contributed by atoms with Crippen LogP contribution in [0.1, 0.15) is 40.5 Å². The van der Waals surface area contributed by atoms with Crippen LogP contribution in [0.5, 0.6) is 0 Å². The molecule has 5 aliphatic rings. The summed E-state index contributed by atoms with van der Waals surface area (Å²) in [6.07, 6.45) is -15.2. The molecule has 5 saturated heterocycles. The number of hydrogen-bond donors (Lipinski definition) is 13. The number of halogens is 2. The molecular formula is C55H108B5F2N4O38P5. The van der Waals surface area contributed by atoms with Crippen molar-refractivity contribution in [3.8, 4) is 0 Å². The Hall–Kier alpha value is -1.05. The quantitative estimate of drug-likeness (QED) is 0.0156. The van der Waals surface area contributed by atoms with Crippen molar-refractivity contribution < 1.29 is 189 Å². The number of alkyl halides is 2. The van der Waals surface area contributed by atoms with Crippen molar-refractivity contribution in [2.75, 3.05) is 150 Å². The van der Waals surface area contributed by atoms with E-state index in [0.717, 1.165) is 6.54 Å². The summed E-state index contributed by atoms with van der Waals surface area (Å²) in [7, 11) is 21.5. The van der Waals surface area contributed by atoms with E-state index in [2.05, 4.69) is 28.7 Å². The minimum atomic E-state index is -4.85. The molecule has 54 heteroatoms. The zero-order valence-corrected chi connectivity index (χ0v) is 67.5. The number of ether oxygens (including phenoxy) is 16. The monoisotopic (exact) mass is 1680 g/mol. The van der Waals surface area contributed by atoms with Crippen LogP contribution in [0.2, 0.25) is 0 Å². The second-order valence-electron chi connectivity index (χ2n) is 24.9. The predicted octanol–water partition coefficient (Wildman–Crippen LogP) is -4.39. The molecule has 109 heavy (non-hydrogen) atoms. The van der Waals surface area contributed by atoms with Gasteiger partial charge in [-0.15, -0.1) is 0 Å². The minimum absolute atomic E-state index is 0.0123. The maximum absolute atomic E-state index is 13.3. The molecule has 0 aromatic heterocycles. The lowest BCUT2D eigenvalue weighted by Gasteiger charge is -2.26. The zero-order chi connectivity index (χ0) is 83.7. The highest BCUT2D eigenvalue weighted by Crippen LogP contribution is 2.47. The summed E-state index contributed by atoms with van der Waals surface area (Å²) in [5, 5.41) is 13.8. The smallest absolute Gasteiger partial charge is 0.396 e. The summed E-state index contributed by atoms with van der Waals surface area (Å²) in [6.45, 7) is 7.90. The zero-order valence-electron chi connectivity index (χ0n) is 63.0. The summed E-state index contributed by atoms with van der Waals surface area (Å²) < 4.78 is 184. The Balaban J connectivity index is 0.000000684. The van der Waals surface area contributed by atoms with Gasteiger partial charge in [-0.2, -0.15) is 0 Å². The van der Waals surface area contributed by atoms with Crippen molar-refractivity contribution in [1.29, 1.82) is 0 Å². The second kappa shape index (κ2) is 52.0. The van der Waals surface area contributed by atoms with Crippen LogP contribution in [-0.2, 0) is 126 Å². The van der Waals surface area contributed by atoms with Gasteiger partial charge in [0.05, 0.1) is 56.9 Å². The second-order valence-corrected chi connectivity index (χ2v) is 31.4. The number of likely N-dealkylation sites (N-methyl/N-ethyl adjacent to an activating group) is 3. The largest absolute Gasteiger partial charge is 0.469 e. The number of nitrogens with zero attached hydrogens (tertiary/aromatic N) is 2.